The number of nitrogens with one attached hydrogen (secondary N) is 1. The lowest BCUT2D eigenvalue weighted by atomic mass is 10.2. The summed E-state index contributed by atoms with van der Waals surface area (Å²) in [6.07, 6.45) is 0. The normalized spacial score (nSPS) is 15.5. The van der Waals surface area contributed by atoms with Crippen molar-refractivity contribution in [3.05, 3.63) is 58.6 Å². The Bertz CT molecular complexity index is 929. The molecule has 0 radical (unpaired) electrons. The largest absolute Gasteiger partial charge is 0.366 e. The van der Waals surface area contributed by atoms with Crippen LogP contribution in [0.15, 0.2) is 42.5 Å². The van der Waals surface area contributed by atoms with Gasteiger partial charge in [-0.25, -0.2) is 4.98 Å². The maximum Gasteiger partial charge on any atom is 0.248 e. The predicted octanol–water partition coefficient (Wildman–Crippen LogP) is 2.64. The summed E-state index contributed by atoms with van der Waals surface area (Å²) in [6, 6.07) is 13.3. The molecule has 6 nitrogen and oxygen atoms in total. The van der Waals surface area contributed by atoms with Gasteiger partial charge in [0.25, 0.3) is 0 Å². The average Bonchev–Trinajstić information content (AvgIpc) is 3.07. The fourth-order valence-electron chi connectivity index (χ4n) is 3.26. The minimum absolute atomic E-state index is 0.438. The number of piperazine rings is 1. The second kappa shape index (κ2) is 6.97. The highest BCUT2D eigenvalue weighted by Gasteiger charge is 2.20. The molecule has 4 rings (SSSR count). The molecule has 1 aliphatic heterocycles. The summed E-state index contributed by atoms with van der Waals surface area (Å²) in [5.41, 5.74) is 8.76. The highest BCUT2D eigenvalue weighted by molar-refractivity contribution is 6.30. The van der Waals surface area contributed by atoms with Crippen molar-refractivity contribution in [2.75, 3.05) is 31.1 Å². The molecule has 1 aliphatic rings. The number of carbonyl (C=O) groups excluding carboxylic acids is 1. The summed E-state index contributed by atoms with van der Waals surface area (Å²) in [5, 5.41) is 0.767. The van der Waals surface area contributed by atoms with Gasteiger partial charge in [0.05, 0.1) is 11.0 Å². The molecular formula is C19H20ClN5O. The monoisotopic (exact) mass is 369 g/mol. The van der Waals surface area contributed by atoms with E-state index < -0.39 is 5.91 Å². The van der Waals surface area contributed by atoms with Crippen LogP contribution in [-0.4, -0.2) is 47.0 Å². The number of nitrogens with zero attached hydrogens (tertiary/aromatic N) is 3. The summed E-state index contributed by atoms with van der Waals surface area (Å²) in [7, 11) is 0. The third-order valence-electron chi connectivity index (χ3n) is 4.75. The van der Waals surface area contributed by atoms with Crippen LogP contribution >= 0.6 is 11.6 Å². The van der Waals surface area contributed by atoms with Gasteiger partial charge in [-0.15, -0.1) is 0 Å². The fourth-order valence-corrected chi connectivity index (χ4v) is 3.39. The van der Waals surface area contributed by atoms with Crippen molar-refractivity contribution in [3.63, 3.8) is 0 Å². The first-order chi connectivity index (χ1) is 12.6. The van der Waals surface area contributed by atoms with Crippen molar-refractivity contribution in [2.24, 2.45) is 5.73 Å². The second-order valence-corrected chi connectivity index (χ2v) is 6.98. The summed E-state index contributed by atoms with van der Waals surface area (Å²) in [6.45, 7) is 4.65. The fraction of sp³-hybridized carbons (Fsp3) is 0.263. The maximum atomic E-state index is 11.3. The lowest BCUT2D eigenvalue weighted by molar-refractivity contribution is 0.100. The van der Waals surface area contributed by atoms with Gasteiger partial charge in [0, 0.05) is 43.3 Å². The van der Waals surface area contributed by atoms with E-state index in [2.05, 4.69) is 31.9 Å². The predicted molar refractivity (Wildman–Crippen MR) is 104 cm³/mol. The lowest BCUT2D eigenvalue weighted by Crippen LogP contribution is -2.46. The highest BCUT2D eigenvalue weighted by atomic mass is 35.5. The Labute approximate surface area is 156 Å². The number of aromatic nitrogens is 2. The quantitative estimate of drug-likeness (QED) is 0.741. The van der Waals surface area contributed by atoms with E-state index in [4.69, 9.17) is 17.3 Å². The van der Waals surface area contributed by atoms with Crippen LogP contribution in [0.25, 0.3) is 11.0 Å². The van der Waals surface area contributed by atoms with Crippen LogP contribution in [0.2, 0.25) is 5.02 Å². The Morgan fingerprint density at radius 1 is 1.12 bits per heavy atom. The van der Waals surface area contributed by atoms with E-state index in [-0.39, 0.29) is 0 Å². The molecule has 2 aromatic carbocycles. The number of halogens is 1. The Hall–Kier alpha value is -2.57. The topological polar surface area (TPSA) is 78.2 Å². The van der Waals surface area contributed by atoms with E-state index in [1.165, 1.54) is 5.56 Å². The van der Waals surface area contributed by atoms with Gasteiger partial charge in [0.2, 0.25) is 11.9 Å². The number of amides is 1. The molecule has 0 unspecified atom stereocenters. The van der Waals surface area contributed by atoms with Gasteiger partial charge in [-0.3, -0.25) is 9.69 Å². The SMILES string of the molecule is NC(=O)c1ccc2[nH]c(N3CCN(Cc4ccc(Cl)cc4)CC3)nc2c1. The second-order valence-electron chi connectivity index (χ2n) is 6.55. The van der Waals surface area contributed by atoms with Gasteiger partial charge in [-0.1, -0.05) is 23.7 Å². The first-order valence-electron chi connectivity index (χ1n) is 8.60. The van der Waals surface area contributed by atoms with Crippen molar-refractivity contribution in [1.29, 1.82) is 0 Å². The first kappa shape index (κ1) is 16.9. The molecule has 3 N–H and O–H groups in total. The number of benzene rings is 2. The van der Waals surface area contributed by atoms with Crippen molar-refractivity contribution in [1.82, 2.24) is 14.9 Å². The molecule has 0 atom stereocenters. The molecule has 1 amide bonds. The molecule has 0 bridgehead atoms. The molecule has 0 aliphatic carbocycles. The van der Waals surface area contributed by atoms with Gasteiger partial charge in [-0.2, -0.15) is 0 Å². The number of carbonyl (C=O) groups is 1. The van der Waals surface area contributed by atoms with Crippen LogP contribution in [0.1, 0.15) is 15.9 Å². The van der Waals surface area contributed by atoms with Crippen LogP contribution in [-0.2, 0) is 6.54 Å². The maximum absolute atomic E-state index is 11.3. The summed E-state index contributed by atoms with van der Waals surface area (Å²) in [5.74, 6) is 0.403. The minimum atomic E-state index is -0.438. The van der Waals surface area contributed by atoms with Crippen LogP contribution < -0.4 is 10.6 Å². The molecule has 0 spiro atoms. The van der Waals surface area contributed by atoms with Gasteiger partial charge >= 0.3 is 0 Å². The van der Waals surface area contributed by atoms with E-state index in [9.17, 15) is 4.79 Å². The molecule has 3 aromatic rings. The number of imidazole rings is 1. The number of anilines is 1. The van der Waals surface area contributed by atoms with E-state index in [1.807, 2.05) is 18.2 Å². The molecule has 1 saturated heterocycles. The number of hydrogen-bond acceptors (Lipinski definition) is 4. The zero-order valence-electron chi connectivity index (χ0n) is 14.3. The number of H-pyrrole nitrogens is 1. The summed E-state index contributed by atoms with van der Waals surface area (Å²) < 4.78 is 0. The molecule has 7 heteroatoms. The number of hydrogen-bond donors (Lipinski definition) is 2. The highest BCUT2D eigenvalue weighted by Crippen LogP contribution is 2.20. The molecule has 1 fully saturated rings. The van der Waals surface area contributed by atoms with Crippen molar-refractivity contribution < 1.29 is 4.79 Å². The third kappa shape index (κ3) is 3.52. The minimum Gasteiger partial charge on any atom is -0.366 e. The van der Waals surface area contributed by atoms with Crippen LogP contribution in [0.3, 0.4) is 0 Å². The third-order valence-corrected chi connectivity index (χ3v) is 5.00. The van der Waals surface area contributed by atoms with Crippen molar-refractivity contribution >= 4 is 34.5 Å². The lowest BCUT2D eigenvalue weighted by Gasteiger charge is -2.34. The van der Waals surface area contributed by atoms with Gasteiger partial charge in [-0.05, 0) is 35.9 Å². The zero-order chi connectivity index (χ0) is 18.1. The van der Waals surface area contributed by atoms with Crippen LogP contribution in [0, 0.1) is 0 Å². The molecule has 0 saturated carbocycles. The number of nitrogens with two attached hydrogens (primary N) is 1. The smallest absolute Gasteiger partial charge is 0.248 e. The van der Waals surface area contributed by atoms with E-state index >= 15 is 0 Å². The van der Waals surface area contributed by atoms with Gasteiger partial charge < -0.3 is 15.6 Å². The van der Waals surface area contributed by atoms with Crippen LogP contribution in [0.4, 0.5) is 5.95 Å². The van der Waals surface area contributed by atoms with Crippen LogP contribution in [0.5, 0.6) is 0 Å². The number of primary amides is 1. The number of rotatable bonds is 4. The summed E-state index contributed by atoms with van der Waals surface area (Å²) in [4.78, 5) is 23.9. The molecule has 2 heterocycles. The standard InChI is InChI=1S/C19H20ClN5O/c20-15-4-1-13(2-5-15)12-24-7-9-25(10-8-24)19-22-16-6-3-14(18(21)26)11-17(16)23-19/h1-6,11H,7-10,12H2,(H2,21,26)(H,22,23). The van der Waals surface area contributed by atoms with Gasteiger partial charge in [0.15, 0.2) is 0 Å². The van der Waals surface area contributed by atoms with Crippen molar-refractivity contribution in [2.45, 2.75) is 6.54 Å². The molecular weight excluding hydrogens is 350 g/mol. The van der Waals surface area contributed by atoms with E-state index in [1.54, 1.807) is 12.1 Å². The summed E-state index contributed by atoms with van der Waals surface area (Å²) >= 11 is 5.95. The van der Waals surface area contributed by atoms with Gasteiger partial charge in [0.1, 0.15) is 0 Å². The molecule has 134 valence electrons. The Morgan fingerprint density at radius 3 is 2.54 bits per heavy atom. The zero-order valence-corrected chi connectivity index (χ0v) is 15.0. The number of aromatic amines is 1. The Kier molecular flexibility index (Phi) is 4.53. The average molecular weight is 370 g/mol. The molecule has 1 aromatic heterocycles. The molecule has 26 heavy (non-hydrogen) atoms. The Balaban J connectivity index is 1.42. The first-order valence-corrected chi connectivity index (χ1v) is 8.97. The Morgan fingerprint density at radius 2 is 1.85 bits per heavy atom. The van der Waals surface area contributed by atoms with E-state index in [0.717, 1.165) is 54.7 Å². The van der Waals surface area contributed by atoms with Crippen molar-refractivity contribution in [3.8, 4) is 0 Å². The number of fused-ring (bicyclic) bond motifs is 1. The van der Waals surface area contributed by atoms with E-state index in [0.29, 0.717) is 5.56 Å².